The molecule has 0 fully saturated rings. The number of carbonyl (C=O) groups excluding carboxylic acids is 2. The maximum absolute atomic E-state index is 13.1. The van der Waals surface area contributed by atoms with Gasteiger partial charge < -0.3 is 0 Å². The Bertz CT molecular complexity index is 1080. The van der Waals surface area contributed by atoms with E-state index >= 15 is 0 Å². The molecule has 4 rings (SSSR count). The average molecular weight is 390 g/mol. The smallest absolute Gasteiger partial charge is 0.295 e. The summed E-state index contributed by atoms with van der Waals surface area (Å²) in [6.07, 6.45) is 0. The molecule has 0 saturated heterocycles. The normalized spacial score (nSPS) is 13.6. The number of imide groups is 1. The van der Waals surface area contributed by atoms with Gasteiger partial charge in [-0.2, -0.15) is 5.10 Å². The molecule has 5 nitrogen and oxygen atoms in total. The minimum atomic E-state index is -0.529. The van der Waals surface area contributed by atoms with Crippen molar-refractivity contribution < 1.29 is 9.59 Å². The van der Waals surface area contributed by atoms with E-state index in [0.717, 1.165) is 16.1 Å². The minimum Gasteiger partial charge on any atom is -0.295 e. The molecule has 6 heteroatoms. The number of urea groups is 1. The quantitative estimate of drug-likeness (QED) is 0.631. The molecule has 28 heavy (non-hydrogen) atoms. The summed E-state index contributed by atoms with van der Waals surface area (Å²) in [7, 11) is 1.63. The van der Waals surface area contributed by atoms with Crippen LogP contribution in [0.25, 0.3) is 0 Å². The summed E-state index contributed by atoms with van der Waals surface area (Å²) in [5, 5.41) is 5.91. The SMILES string of the molecule is CN1C(=O)N(C(=O)c2ccc(Cl)cc2)N=C(c2ccccc2)c2ccccc21. The zero-order valence-electron chi connectivity index (χ0n) is 15.0. The second kappa shape index (κ2) is 7.29. The summed E-state index contributed by atoms with van der Waals surface area (Å²) < 4.78 is 0. The van der Waals surface area contributed by atoms with Crippen molar-refractivity contribution in [3.8, 4) is 0 Å². The van der Waals surface area contributed by atoms with E-state index in [2.05, 4.69) is 5.10 Å². The summed E-state index contributed by atoms with van der Waals surface area (Å²) in [6.45, 7) is 0. The molecule has 1 aliphatic rings. The minimum absolute atomic E-state index is 0.327. The van der Waals surface area contributed by atoms with Gasteiger partial charge in [-0.15, -0.1) is 5.01 Å². The third kappa shape index (κ3) is 3.17. The van der Waals surface area contributed by atoms with Gasteiger partial charge in [0, 0.05) is 28.8 Å². The van der Waals surface area contributed by atoms with E-state index in [1.54, 1.807) is 31.3 Å². The van der Waals surface area contributed by atoms with Gasteiger partial charge in [-0.3, -0.25) is 9.69 Å². The fourth-order valence-corrected chi connectivity index (χ4v) is 3.19. The molecule has 0 spiro atoms. The number of benzene rings is 3. The maximum atomic E-state index is 13.1. The molecule has 0 unspecified atom stereocenters. The highest BCUT2D eigenvalue weighted by Gasteiger charge is 2.32. The molecule has 0 radical (unpaired) electrons. The van der Waals surface area contributed by atoms with E-state index in [1.807, 2.05) is 54.6 Å². The van der Waals surface area contributed by atoms with Crippen molar-refractivity contribution in [3.63, 3.8) is 0 Å². The van der Waals surface area contributed by atoms with E-state index in [9.17, 15) is 9.59 Å². The number of nitrogens with zero attached hydrogens (tertiary/aromatic N) is 3. The van der Waals surface area contributed by atoms with Gasteiger partial charge in [-0.1, -0.05) is 60.1 Å². The van der Waals surface area contributed by atoms with Gasteiger partial charge in [0.05, 0.1) is 5.69 Å². The van der Waals surface area contributed by atoms with Crippen molar-refractivity contribution in [1.29, 1.82) is 0 Å². The number of halogens is 1. The fraction of sp³-hybridized carbons (Fsp3) is 0.0455. The second-order valence-electron chi connectivity index (χ2n) is 6.30. The first-order valence-corrected chi connectivity index (χ1v) is 9.05. The first kappa shape index (κ1) is 17.9. The second-order valence-corrected chi connectivity index (χ2v) is 6.73. The van der Waals surface area contributed by atoms with E-state index in [4.69, 9.17) is 11.6 Å². The molecule has 1 heterocycles. The van der Waals surface area contributed by atoms with Crippen LogP contribution in [0.1, 0.15) is 21.5 Å². The number of rotatable bonds is 2. The molecule has 0 N–H and O–H groups in total. The molecular weight excluding hydrogens is 374 g/mol. The Labute approximate surface area is 167 Å². The zero-order valence-corrected chi connectivity index (χ0v) is 15.8. The number of hydrogen-bond donors (Lipinski definition) is 0. The summed E-state index contributed by atoms with van der Waals surface area (Å²) in [4.78, 5) is 27.6. The van der Waals surface area contributed by atoms with Crippen LogP contribution >= 0.6 is 11.6 Å². The number of hydrogen-bond acceptors (Lipinski definition) is 3. The lowest BCUT2D eigenvalue weighted by molar-refractivity contribution is 0.0811. The van der Waals surface area contributed by atoms with E-state index in [0.29, 0.717) is 22.0 Å². The number of amides is 3. The van der Waals surface area contributed by atoms with Crippen molar-refractivity contribution in [3.05, 3.63) is 101 Å². The Hall–Kier alpha value is -3.44. The molecule has 0 saturated carbocycles. The van der Waals surface area contributed by atoms with Gasteiger partial charge in [0.25, 0.3) is 5.91 Å². The molecule has 3 aromatic carbocycles. The Morgan fingerprint density at radius 2 is 1.54 bits per heavy atom. The summed E-state index contributed by atoms with van der Waals surface area (Å²) in [5.41, 5.74) is 3.15. The van der Waals surface area contributed by atoms with Crippen LogP contribution in [0.2, 0.25) is 5.02 Å². The maximum Gasteiger partial charge on any atom is 0.352 e. The zero-order chi connectivity index (χ0) is 19.7. The molecule has 1 aliphatic heterocycles. The number of para-hydroxylation sites is 1. The summed E-state index contributed by atoms with van der Waals surface area (Å²) in [5.74, 6) is -0.519. The molecule has 0 bridgehead atoms. The fourth-order valence-electron chi connectivity index (χ4n) is 3.06. The molecule has 3 amide bonds. The van der Waals surface area contributed by atoms with Crippen LogP contribution in [0, 0.1) is 0 Å². The third-order valence-corrected chi connectivity index (χ3v) is 4.77. The summed E-state index contributed by atoms with van der Waals surface area (Å²) >= 11 is 5.92. The van der Waals surface area contributed by atoms with Crippen molar-refractivity contribution in [2.45, 2.75) is 0 Å². The number of hydrazone groups is 1. The first-order chi connectivity index (χ1) is 13.6. The van der Waals surface area contributed by atoms with Gasteiger partial charge in [-0.05, 0) is 30.3 Å². The highest BCUT2D eigenvalue weighted by molar-refractivity contribution is 6.30. The Kier molecular flexibility index (Phi) is 4.67. The first-order valence-electron chi connectivity index (χ1n) is 8.67. The number of anilines is 1. The van der Waals surface area contributed by atoms with Crippen molar-refractivity contribution in [2.75, 3.05) is 11.9 Å². The summed E-state index contributed by atoms with van der Waals surface area (Å²) in [6, 6.07) is 22.8. The molecule has 0 aliphatic carbocycles. The Balaban J connectivity index is 1.89. The van der Waals surface area contributed by atoms with Crippen LogP contribution in [0.4, 0.5) is 10.5 Å². The number of carbonyl (C=O) groups is 2. The van der Waals surface area contributed by atoms with Gasteiger partial charge in [0.2, 0.25) is 0 Å². The van der Waals surface area contributed by atoms with E-state index in [-0.39, 0.29) is 0 Å². The molecule has 0 atom stereocenters. The topological polar surface area (TPSA) is 53.0 Å². The van der Waals surface area contributed by atoms with Gasteiger partial charge in [0.1, 0.15) is 5.71 Å². The van der Waals surface area contributed by atoms with Crippen LogP contribution in [0.15, 0.2) is 84.0 Å². The average Bonchev–Trinajstić information content (AvgIpc) is 2.84. The van der Waals surface area contributed by atoms with Crippen LogP contribution in [0.3, 0.4) is 0 Å². The highest BCUT2D eigenvalue weighted by atomic mass is 35.5. The lowest BCUT2D eigenvalue weighted by Crippen LogP contribution is -2.41. The Morgan fingerprint density at radius 1 is 0.893 bits per heavy atom. The third-order valence-electron chi connectivity index (χ3n) is 4.52. The molecular formula is C22H16ClN3O2. The van der Waals surface area contributed by atoms with Gasteiger partial charge in [0.15, 0.2) is 0 Å². The largest absolute Gasteiger partial charge is 0.352 e. The molecule has 0 aromatic heterocycles. The number of fused-ring (bicyclic) bond motifs is 1. The monoisotopic (exact) mass is 389 g/mol. The lowest BCUT2D eigenvalue weighted by atomic mass is 10.0. The molecule has 3 aromatic rings. The van der Waals surface area contributed by atoms with E-state index in [1.165, 1.54) is 4.90 Å². The highest BCUT2D eigenvalue weighted by Crippen LogP contribution is 2.28. The van der Waals surface area contributed by atoms with Crippen LogP contribution in [-0.2, 0) is 0 Å². The van der Waals surface area contributed by atoms with Crippen LogP contribution < -0.4 is 4.90 Å². The van der Waals surface area contributed by atoms with E-state index < -0.39 is 11.9 Å². The van der Waals surface area contributed by atoms with Gasteiger partial charge >= 0.3 is 6.03 Å². The van der Waals surface area contributed by atoms with Gasteiger partial charge in [-0.25, -0.2) is 4.79 Å². The predicted octanol–water partition coefficient (Wildman–Crippen LogP) is 4.80. The van der Waals surface area contributed by atoms with Crippen molar-refractivity contribution in [2.24, 2.45) is 5.10 Å². The van der Waals surface area contributed by atoms with Crippen molar-refractivity contribution >= 4 is 34.9 Å². The lowest BCUT2D eigenvalue weighted by Gasteiger charge is -2.21. The van der Waals surface area contributed by atoms with Crippen LogP contribution in [0.5, 0.6) is 0 Å². The predicted molar refractivity (Wildman–Crippen MR) is 110 cm³/mol. The van der Waals surface area contributed by atoms with Crippen molar-refractivity contribution in [1.82, 2.24) is 5.01 Å². The standard InChI is InChI=1S/C22H16ClN3O2/c1-25-19-10-6-5-9-18(19)20(15-7-3-2-4-8-15)24-26(22(25)28)21(27)16-11-13-17(23)14-12-16/h2-14H,1H3. The van der Waals surface area contributed by atoms with Crippen LogP contribution in [-0.4, -0.2) is 29.7 Å². The molecule has 138 valence electrons. The Morgan fingerprint density at radius 3 is 2.25 bits per heavy atom.